The number of methoxy groups -OCH3 is 1. The second-order valence-corrected chi connectivity index (χ2v) is 7.43. The molecule has 0 atom stereocenters. The molecule has 0 fully saturated rings. The Kier molecular flexibility index (Phi) is 8.08. The van der Waals surface area contributed by atoms with Crippen LogP contribution >= 0.6 is 0 Å². The maximum absolute atomic E-state index is 12.4. The molecule has 2 amide bonds. The Balaban J connectivity index is 1.34. The van der Waals surface area contributed by atoms with Crippen molar-refractivity contribution in [3.8, 4) is 11.5 Å². The highest BCUT2D eigenvalue weighted by Crippen LogP contribution is 2.22. The monoisotopic (exact) mass is 438 g/mol. The molecular formula is C24H30N4O4. The van der Waals surface area contributed by atoms with Crippen molar-refractivity contribution in [2.45, 2.75) is 12.8 Å². The van der Waals surface area contributed by atoms with Crippen LogP contribution in [0.15, 0.2) is 53.5 Å². The number of rotatable bonds is 10. The minimum atomic E-state index is -0.203. The van der Waals surface area contributed by atoms with Gasteiger partial charge >= 0.3 is 0 Å². The van der Waals surface area contributed by atoms with Crippen molar-refractivity contribution in [1.82, 2.24) is 15.1 Å². The fourth-order valence-corrected chi connectivity index (χ4v) is 3.50. The SMILES string of the molecule is CN=C(NCCCCN1C(=O)c2ccccc2C1=O)N(C)CCOc1ccc(OC)cc1. The molecule has 0 saturated carbocycles. The molecule has 0 aromatic heterocycles. The van der Waals surface area contributed by atoms with Crippen LogP contribution in [0.25, 0.3) is 0 Å². The zero-order valence-corrected chi connectivity index (χ0v) is 18.8. The highest BCUT2D eigenvalue weighted by molar-refractivity contribution is 6.21. The molecule has 0 bridgehead atoms. The molecule has 0 saturated heterocycles. The van der Waals surface area contributed by atoms with Gasteiger partial charge in [0.1, 0.15) is 18.1 Å². The molecule has 2 aromatic carbocycles. The number of guanidine groups is 1. The van der Waals surface area contributed by atoms with Gasteiger partial charge in [0.2, 0.25) is 0 Å². The van der Waals surface area contributed by atoms with Gasteiger partial charge in [0, 0.05) is 27.2 Å². The maximum atomic E-state index is 12.4. The Bertz CT molecular complexity index is 924. The van der Waals surface area contributed by atoms with Crippen LogP contribution in [0.4, 0.5) is 0 Å². The van der Waals surface area contributed by atoms with E-state index in [4.69, 9.17) is 9.47 Å². The molecule has 2 aromatic rings. The first kappa shape index (κ1) is 23.1. The average molecular weight is 439 g/mol. The number of benzene rings is 2. The Labute approximate surface area is 188 Å². The van der Waals surface area contributed by atoms with E-state index in [0.29, 0.717) is 37.4 Å². The van der Waals surface area contributed by atoms with Crippen molar-refractivity contribution >= 4 is 17.8 Å². The molecule has 1 aliphatic heterocycles. The first-order valence-corrected chi connectivity index (χ1v) is 10.7. The van der Waals surface area contributed by atoms with Crippen molar-refractivity contribution in [2.24, 2.45) is 4.99 Å². The summed E-state index contributed by atoms with van der Waals surface area (Å²) in [5.41, 5.74) is 0.990. The van der Waals surface area contributed by atoms with Crippen LogP contribution in [-0.2, 0) is 0 Å². The number of hydrogen-bond acceptors (Lipinski definition) is 5. The Morgan fingerprint density at radius 2 is 1.62 bits per heavy atom. The molecule has 1 heterocycles. The van der Waals surface area contributed by atoms with Gasteiger partial charge in [-0.2, -0.15) is 0 Å². The summed E-state index contributed by atoms with van der Waals surface area (Å²) in [7, 11) is 5.32. The number of nitrogens with zero attached hydrogens (tertiary/aromatic N) is 3. The van der Waals surface area contributed by atoms with E-state index in [1.165, 1.54) is 4.90 Å². The molecule has 0 aliphatic carbocycles. The van der Waals surface area contributed by atoms with Gasteiger partial charge in [0.15, 0.2) is 5.96 Å². The first-order valence-electron chi connectivity index (χ1n) is 10.7. The average Bonchev–Trinajstić information content (AvgIpc) is 3.06. The van der Waals surface area contributed by atoms with E-state index in [0.717, 1.165) is 30.3 Å². The third kappa shape index (κ3) is 5.57. The Morgan fingerprint density at radius 1 is 1.00 bits per heavy atom. The third-order valence-corrected chi connectivity index (χ3v) is 5.30. The Hall–Kier alpha value is -3.55. The largest absolute Gasteiger partial charge is 0.497 e. The maximum Gasteiger partial charge on any atom is 0.261 e. The van der Waals surface area contributed by atoms with Gasteiger partial charge in [0.25, 0.3) is 11.8 Å². The minimum absolute atomic E-state index is 0.203. The number of likely N-dealkylation sites (N-methyl/N-ethyl adjacent to an activating group) is 1. The van der Waals surface area contributed by atoms with Crippen molar-refractivity contribution < 1.29 is 19.1 Å². The van der Waals surface area contributed by atoms with Crippen LogP contribution in [0.2, 0.25) is 0 Å². The summed E-state index contributed by atoms with van der Waals surface area (Å²) in [6.45, 7) is 2.29. The standard InChI is InChI=1S/C24H30N4O4/c1-25-24(27(2)16-17-32-19-12-10-18(31-3)11-13-19)26-14-6-7-15-28-22(29)20-8-4-5-9-21(20)23(28)30/h4-5,8-13H,6-7,14-17H2,1-3H3,(H,25,26). The Morgan fingerprint density at radius 3 is 2.22 bits per heavy atom. The third-order valence-electron chi connectivity index (χ3n) is 5.30. The van der Waals surface area contributed by atoms with Crippen LogP contribution < -0.4 is 14.8 Å². The fourth-order valence-electron chi connectivity index (χ4n) is 3.50. The normalized spacial score (nSPS) is 13.2. The van der Waals surface area contributed by atoms with Crippen LogP contribution in [0, 0.1) is 0 Å². The van der Waals surface area contributed by atoms with E-state index >= 15 is 0 Å². The van der Waals surface area contributed by atoms with Crippen LogP contribution in [-0.4, -0.2) is 75.0 Å². The quantitative estimate of drug-likeness (QED) is 0.266. The highest BCUT2D eigenvalue weighted by Gasteiger charge is 2.34. The summed E-state index contributed by atoms with van der Waals surface area (Å²) in [4.78, 5) is 32.4. The van der Waals surface area contributed by atoms with Crippen LogP contribution in [0.5, 0.6) is 11.5 Å². The molecule has 32 heavy (non-hydrogen) atoms. The highest BCUT2D eigenvalue weighted by atomic mass is 16.5. The fraction of sp³-hybridized carbons (Fsp3) is 0.375. The van der Waals surface area contributed by atoms with Crippen molar-refractivity contribution in [1.29, 1.82) is 0 Å². The number of amides is 2. The molecule has 1 N–H and O–H groups in total. The molecule has 1 aliphatic rings. The van der Waals surface area contributed by atoms with E-state index in [2.05, 4.69) is 10.3 Å². The topological polar surface area (TPSA) is 83.5 Å². The smallest absolute Gasteiger partial charge is 0.261 e. The summed E-state index contributed by atoms with van der Waals surface area (Å²) < 4.78 is 10.9. The molecule has 3 rings (SSSR count). The second kappa shape index (κ2) is 11.2. The second-order valence-electron chi connectivity index (χ2n) is 7.43. The molecule has 8 heteroatoms. The van der Waals surface area contributed by atoms with E-state index in [-0.39, 0.29) is 11.8 Å². The van der Waals surface area contributed by atoms with Gasteiger partial charge in [-0.25, -0.2) is 0 Å². The summed E-state index contributed by atoms with van der Waals surface area (Å²) in [6, 6.07) is 14.4. The van der Waals surface area contributed by atoms with Crippen molar-refractivity contribution in [3.63, 3.8) is 0 Å². The summed E-state index contributed by atoms with van der Waals surface area (Å²) in [5, 5.41) is 3.31. The summed E-state index contributed by atoms with van der Waals surface area (Å²) in [5.74, 6) is 1.94. The van der Waals surface area contributed by atoms with Gasteiger partial charge in [-0.15, -0.1) is 0 Å². The number of carbonyl (C=O) groups excluding carboxylic acids is 2. The van der Waals surface area contributed by atoms with Gasteiger partial charge < -0.3 is 19.7 Å². The molecular weight excluding hydrogens is 408 g/mol. The van der Waals surface area contributed by atoms with Crippen molar-refractivity contribution in [3.05, 3.63) is 59.7 Å². The van der Waals surface area contributed by atoms with Gasteiger partial charge in [-0.3, -0.25) is 19.5 Å². The zero-order valence-electron chi connectivity index (χ0n) is 18.8. The number of unbranched alkanes of at least 4 members (excludes halogenated alkanes) is 1. The predicted octanol–water partition coefficient (Wildman–Crippen LogP) is 2.66. The number of ether oxygens (including phenoxy) is 2. The van der Waals surface area contributed by atoms with Crippen LogP contribution in [0.1, 0.15) is 33.6 Å². The summed E-state index contributed by atoms with van der Waals surface area (Å²) in [6.07, 6.45) is 1.53. The first-order chi connectivity index (χ1) is 15.5. The minimum Gasteiger partial charge on any atom is -0.497 e. The number of imide groups is 1. The van der Waals surface area contributed by atoms with Gasteiger partial charge in [0.05, 0.1) is 24.8 Å². The van der Waals surface area contributed by atoms with Crippen molar-refractivity contribution in [2.75, 3.05) is 47.4 Å². The van der Waals surface area contributed by atoms with E-state index in [1.54, 1.807) is 38.4 Å². The van der Waals surface area contributed by atoms with E-state index in [9.17, 15) is 9.59 Å². The van der Waals surface area contributed by atoms with Crippen LogP contribution in [0.3, 0.4) is 0 Å². The molecule has 170 valence electrons. The molecule has 0 radical (unpaired) electrons. The number of nitrogens with one attached hydrogen (secondary N) is 1. The van der Waals surface area contributed by atoms with Gasteiger partial charge in [-0.1, -0.05) is 12.1 Å². The van der Waals surface area contributed by atoms with E-state index in [1.807, 2.05) is 36.2 Å². The number of carbonyl (C=O) groups is 2. The number of aliphatic imine (C=N–C) groups is 1. The molecule has 0 spiro atoms. The lowest BCUT2D eigenvalue weighted by atomic mass is 10.1. The lowest BCUT2D eigenvalue weighted by Crippen LogP contribution is -2.41. The lowest BCUT2D eigenvalue weighted by Gasteiger charge is -2.22. The van der Waals surface area contributed by atoms with E-state index < -0.39 is 0 Å². The number of fused-ring (bicyclic) bond motifs is 1. The summed E-state index contributed by atoms with van der Waals surface area (Å²) >= 11 is 0. The molecule has 0 unspecified atom stereocenters. The molecule has 8 nitrogen and oxygen atoms in total. The van der Waals surface area contributed by atoms with Gasteiger partial charge in [-0.05, 0) is 49.2 Å². The zero-order chi connectivity index (χ0) is 22.9. The number of hydrogen-bond donors (Lipinski definition) is 1. The predicted molar refractivity (Wildman–Crippen MR) is 124 cm³/mol. The lowest BCUT2D eigenvalue weighted by molar-refractivity contribution is 0.0652.